The normalized spacial score (nSPS) is 11.9. The fraction of sp³-hybridized carbons (Fsp3) is 0.545. The number of urea groups is 1. The molecular weight excluding hydrogens is 236 g/mol. The van der Waals surface area contributed by atoms with Crippen LogP contribution in [0.3, 0.4) is 0 Å². The first-order valence-corrected chi connectivity index (χ1v) is 5.64. The number of hydrogen-bond donors (Lipinski definition) is 2. The van der Waals surface area contributed by atoms with E-state index in [1.807, 2.05) is 13.1 Å². The molecule has 1 aromatic heterocycles. The maximum Gasteiger partial charge on any atom is 0.326 e. The molecule has 0 bridgehead atoms. The van der Waals surface area contributed by atoms with Crippen LogP contribution < -0.4 is 5.32 Å². The second-order valence-corrected chi connectivity index (χ2v) is 4.05. The third-order valence-corrected chi connectivity index (χ3v) is 2.84. The smallest absolute Gasteiger partial charge is 0.326 e. The van der Waals surface area contributed by atoms with Crippen LogP contribution in [0.25, 0.3) is 0 Å². The third kappa shape index (κ3) is 3.47. The van der Waals surface area contributed by atoms with Gasteiger partial charge in [-0.05, 0) is 13.0 Å². The van der Waals surface area contributed by atoms with Crippen LogP contribution in [0.1, 0.15) is 12.6 Å². The molecule has 1 atom stereocenters. The molecule has 1 heterocycles. The number of carboxylic acids is 1. The van der Waals surface area contributed by atoms with Gasteiger partial charge in [-0.2, -0.15) is 5.10 Å². The zero-order valence-electron chi connectivity index (χ0n) is 10.8. The second kappa shape index (κ2) is 6.04. The monoisotopic (exact) mass is 254 g/mol. The molecule has 0 saturated carbocycles. The maximum absolute atomic E-state index is 11.6. The number of amides is 2. The van der Waals surface area contributed by atoms with Gasteiger partial charge in [0.25, 0.3) is 0 Å². The molecule has 0 fully saturated rings. The van der Waals surface area contributed by atoms with Crippen LogP contribution in [0.4, 0.5) is 4.79 Å². The first-order chi connectivity index (χ1) is 8.43. The molecule has 0 aliphatic rings. The summed E-state index contributed by atoms with van der Waals surface area (Å²) in [6.45, 7) is 1.90. The number of nitrogens with one attached hydrogen (secondary N) is 1. The average Bonchev–Trinajstić information content (AvgIpc) is 2.73. The number of aromatic nitrogens is 2. The van der Waals surface area contributed by atoms with Gasteiger partial charge in [0, 0.05) is 39.0 Å². The SMILES string of the molecule is CC(C(=O)O)N(C)C(=O)NCCc1ccnn1C. The summed E-state index contributed by atoms with van der Waals surface area (Å²) in [4.78, 5) is 23.5. The number of carbonyl (C=O) groups excluding carboxylic acids is 1. The predicted molar refractivity (Wildman–Crippen MR) is 65.2 cm³/mol. The lowest BCUT2D eigenvalue weighted by Crippen LogP contribution is -2.46. The van der Waals surface area contributed by atoms with E-state index in [2.05, 4.69) is 10.4 Å². The molecule has 18 heavy (non-hydrogen) atoms. The molecule has 1 rings (SSSR count). The van der Waals surface area contributed by atoms with Gasteiger partial charge >= 0.3 is 12.0 Å². The third-order valence-electron chi connectivity index (χ3n) is 2.84. The van der Waals surface area contributed by atoms with Crippen LogP contribution in [-0.2, 0) is 18.3 Å². The zero-order valence-corrected chi connectivity index (χ0v) is 10.8. The summed E-state index contributed by atoms with van der Waals surface area (Å²) in [5, 5.41) is 15.5. The van der Waals surface area contributed by atoms with E-state index in [4.69, 9.17) is 5.11 Å². The Hall–Kier alpha value is -2.05. The van der Waals surface area contributed by atoms with Crippen LogP contribution in [0.15, 0.2) is 12.3 Å². The van der Waals surface area contributed by atoms with Crippen molar-refractivity contribution in [2.24, 2.45) is 7.05 Å². The summed E-state index contributed by atoms with van der Waals surface area (Å²) in [6, 6.07) is 0.629. The quantitative estimate of drug-likeness (QED) is 0.778. The summed E-state index contributed by atoms with van der Waals surface area (Å²) in [5.41, 5.74) is 1.00. The molecule has 2 N–H and O–H groups in total. The van der Waals surface area contributed by atoms with Crippen LogP contribution in [-0.4, -0.2) is 51.4 Å². The molecule has 0 aliphatic carbocycles. The van der Waals surface area contributed by atoms with Gasteiger partial charge in [-0.1, -0.05) is 0 Å². The van der Waals surface area contributed by atoms with E-state index in [0.717, 1.165) is 10.6 Å². The molecule has 2 amide bonds. The Morgan fingerprint density at radius 2 is 2.28 bits per heavy atom. The lowest BCUT2D eigenvalue weighted by molar-refractivity contribution is -0.141. The fourth-order valence-electron chi connectivity index (χ4n) is 1.41. The number of aliphatic carboxylic acids is 1. The van der Waals surface area contributed by atoms with Crippen molar-refractivity contribution in [2.45, 2.75) is 19.4 Å². The van der Waals surface area contributed by atoms with Gasteiger partial charge in [0.2, 0.25) is 0 Å². The highest BCUT2D eigenvalue weighted by Gasteiger charge is 2.21. The van der Waals surface area contributed by atoms with Crippen molar-refractivity contribution < 1.29 is 14.7 Å². The zero-order chi connectivity index (χ0) is 13.7. The number of likely N-dealkylation sites (N-methyl/N-ethyl adjacent to an activating group) is 1. The van der Waals surface area contributed by atoms with E-state index in [1.165, 1.54) is 14.0 Å². The minimum absolute atomic E-state index is 0.396. The van der Waals surface area contributed by atoms with Crippen molar-refractivity contribution in [3.63, 3.8) is 0 Å². The Morgan fingerprint density at radius 3 is 2.78 bits per heavy atom. The fourth-order valence-corrected chi connectivity index (χ4v) is 1.41. The summed E-state index contributed by atoms with van der Waals surface area (Å²) in [6.07, 6.45) is 2.34. The molecule has 7 heteroatoms. The van der Waals surface area contributed by atoms with E-state index in [-0.39, 0.29) is 0 Å². The van der Waals surface area contributed by atoms with Gasteiger partial charge in [-0.15, -0.1) is 0 Å². The largest absolute Gasteiger partial charge is 0.480 e. The van der Waals surface area contributed by atoms with E-state index in [0.29, 0.717) is 13.0 Å². The molecule has 1 aromatic rings. The summed E-state index contributed by atoms with van der Waals surface area (Å²) in [5.74, 6) is -1.03. The van der Waals surface area contributed by atoms with Crippen LogP contribution >= 0.6 is 0 Å². The molecular formula is C11H18N4O3. The van der Waals surface area contributed by atoms with Crippen LogP contribution in [0.5, 0.6) is 0 Å². The number of carboxylic acid groups (broad SMARTS) is 1. The number of carbonyl (C=O) groups is 2. The van der Waals surface area contributed by atoms with Crippen molar-refractivity contribution in [2.75, 3.05) is 13.6 Å². The standard InChI is InChI=1S/C11H18N4O3/c1-8(10(16)17)14(2)11(18)12-6-4-9-5-7-13-15(9)3/h5,7-8H,4,6H2,1-3H3,(H,12,18)(H,16,17). The highest BCUT2D eigenvalue weighted by molar-refractivity contribution is 5.82. The Labute approximate surface area is 105 Å². The summed E-state index contributed by atoms with van der Waals surface area (Å²) >= 11 is 0. The molecule has 100 valence electrons. The number of aryl methyl sites for hydroxylation is 1. The first-order valence-electron chi connectivity index (χ1n) is 5.64. The average molecular weight is 254 g/mol. The highest BCUT2D eigenvalue weighted by atomic mass is 16.4. The number of hydrogen-bond acceptors (Lipinski definition) is 3. The van der Waals surface area contributed by atoms with Gasteiger partial charge in [-0.3, -0.25) is 4.68 Å². The van der Waals surface area contributed by atoms with E-state index >= 15 is 0 Å². The molecule has 0 saturated heterocycles. The lowest BCUT2D eigenvalue weighted by atomic mass is 10.3. The highest BCUT2D eigenvalue weighted by Crippen LogP contribution is 1.98. The molecule has 0 aliphatic heterocycles. The van der Waals surface area contributed by atoms with Gasteiger partial charge < -0.3 is 15.3 Å². The Kier molecular flexibility index (Phi) is 4.70. The minimum Gasteiger partial charge on any atom is -0.480 e. The lowest BCUT2D eigenvalue weighted by Gasteiger charge is -2.21. The Balaban J connectivity index is 2.38. The Bertz CT molecular complexity index is 430. The molecule has 0 radical (unpaired) electrons. The van der Waals surface area contributed by atoms with Gasteiger partial charge in [0.1, 0.15) is 6.04 Å². The minimum atomic E-state index is -1.03. The summed E-state index contributed by atoms with van der Waals surface area (Å²) < 4.78 is 1.73. The van der Waals surface area contributed by atoms with Crippen molar-refractivity contribution in [1.29, 1.82) is 0 Å². The van der Waals surface area contributed by atoms with E-state index in [9.17, 15) is 9.59 Å². The molecule has 0 spiro atoms. The van der Waals surface area contributed by atoms with Crippen molar-refractivity contribution in [1.82, 2.24) is 20.0 Å². The number of nitrogens with zero attached hydrogens (tertiary/aromatic N) is 3. The van der Waals surface area contributed by atoms with E-state index in [1.54, 1.807) is 10.9 Å². The maximum atomic E-state index is 11.6. The van der Waals surface area contributed by atoms with Gasteiger partial charge in [-0.25, -0.2) is 9.59 Å². The van der Waals surface area contributed by atoms with Gasteiger partial charge in [0.05, 0.1) is 0 Å². The van der Waals surface area contributed by atoms with Crippen molar-refractivity contribution in [3.8, 4) is 0 Å². The first kappa shape index (κ1) is 14.0. The predicted octanol–water partition coefficient (Wildman–Crippen LogP) is 0.0771. The van der Waals surface area contributed by atoms with Crippen molar-refractivity contribution >= 4 is 12.0 Å². The topological polar surface area (TPSA) is 87.5 Å². The second-order valence-electron chi connectivity index (χ2n) is 4.05. The van der Waals surface area contributed by atoms with Crippen LogP contribution in [0.2, 0.25) is 0 Å². The molecule has 7 nitrogen and oxygen atoms in total. The summed E-state index contributed by atoms with van der Waals surface area (Å²) in [7, 11) is 3.29. The molecule has 0 aromatic carbocycles. The van der Waals surface area contributed by atoms with Crippen LogP contribution in [0, 0.1) is 0 Å². The van der Waals surface area contributed by atoms with Crippen molar-refractivity contribution in [3.05, 3.63) is 18.0 Å². The van der Waals surface area contributed by atoms with E-state index < -0.39 is 18.0 Å². The van der Waals surface area contributed by atoms with Gasteiger partial charge in [0.15, 0.2) is 0 Å². The molecule has 1 unspecified atom stereocenters. The Morgan fingerprint density at radius 1 is 1.61 bits per heavy atom. The number of rotatable bonds is 5.